The molecule has 0 atom stereocenters. The van der Waals surface area contributed by atoms with E-state index in [9.17, 15) is 17.6 Å². The number of pyridine rings is 1. The van der Waals surface area contributed by atoms with Crippen LogP contribution in [0.5, 0.6) is 5.75 Å². The summed E-state index contributed by atoms with van der Waals surface area (Å²) >= 11 is 0. The molecule has 0 spiro atoms. The monoisotopic (exact) mass is 313 g/mol. The number of unbranched alkanes of at least 4 members (excludes halogenated alkanes) is 1. The second kappa shape index (κ2) is 6.77. The van der Waals surface area contributed by atoms with E-state index in [0.29, 0.717) is 18.4 Å². The molecule has 0 aliphatic rings. The van der Waals surface area contributed by atoms with Crippen molar-refractivity contribution in [3.05, 3.63) is 47.9 Å². The van der Waals surface area contributed by atoms with Gasteiger partial charge in [0.1, 0.15) is 11.6 Å². The van der Waals surface area contributed by atoms with Crippen molar-refractivity contribution in [3.63, 3.8) is 0 Å². The first-order valence-corrected chi connectivity index (χ1v) is 6.88. The number of alkyl halides is 3. The van der Waals surface area contributed by atoms with Gasteiger partial charge in [0.25, 0.3) is 0 Å². The Morgan fingerprint density at radius 1 is 1.14 bits per heavy atom. The summed E-state index contributed by atoms with van der Waals surface area (Å²) in [5.41, 5.74) is -0.740. The van der Waals surface area contributed by atoms with Crippen molar-refractivity contribution < 1.29 is 22.3 Å². The second-order valence-electron chi connectivity index (χ2n) is 4.77. The fraction of sp³-hybridized carbons (Fsp3) is 0.312. The zero-order chi connectivity index (χ0) is 16.2. The van der Waals surface area contributed by atoms with Crippen LogP contribution < -0.4 is 4.74 Å². The van der Waals surface area contributed by atoms with E-state index in [1.165, 1.54) is 12.3 Å². The molecule has 22 heavy (non-hydrogen) atoms. The third-order valence-electron chi connectivity index (χ3n) is 3.08. The van der Waals surface area contributed by atoms with Crippen LogP contribution in [0.25, 0.3) is 11.3 Å². The summed E-state index contributed by atoms with van der Waals surface area (Å²) in [6, 6.07) is 5.54. The molecule has 0 bridgehead atoms. The van der Waals surface area contributed by atoms with Crippen molar-refractivity contribution in [2.45, 2.75) is 25.9 Å². The Kier molecular flexibility index (Phi) is 5.00. The van der Waals surface area contributed by atoms with Gasteiger partial charge in [-0.2, -0.15) is 13.2 Å². The molecule has 0 aliphatic heterocycles. The molecule has 118 valence electrons. The molecule has 1 aromatic heterocycles. The number of nitrogens with zero attached hydrogens (tertiary/aromatic N) is 1. The predicted octanol–water partition coefficient (Wildman–Crippen LogP) is 5.09. The molecular weight excluding hydrogens is 298 g/mol. The highest BCUT2D eigenvalue weighted by atomic mass is 19.4. The van der Waals surface area contributed by atoms with Crippen molar-refractivity contribution in [1.29, 1.82) is 0 Å². The lowest BCUT2D eigenvalue weighted by molar-refractivity contribution is -0.137. The zero-order valence-electron chi connectivity index (χ0n) is 12.0. The molecule has 0 saturated carbocycles. The number of hydrogen-bond acceptors (Lipinski definition) is 2. The third kappa shape index (κ3) is 3.96. The molecular formula is C16H15F4NO. The smallest absolute Gasteiger partial charge is 0.416 e. The topological polar surface area (TPSA) is 22.1 Å². The van der Waals surface area contributed by atoms with Gasteiger partial charge in [-0.1, -0.05) is 13.3 Å². The van der Waals surface area contributed by atoms with Crippen molar-refractivity contribution >= 4 is 0 Å². The standard InChI is InChI=1S/C16H15F4NO/c1-2-3-8-22-12-5-7-15(21-10-12)13-6-4-11(9-14(13)17)16(18,19)20/h4-7,9-10H,2-3,8H2,1H3. The maximum Gasteiger partial charge on any atom is 0.416 e. The zero-order valence-corrected chi connectivity index (χ0v) is 12.0. The molecule has 0 unspecified atom stereocenters. The minimum absolute atomic E-state index is 0.0214. The molecule has 0 amide bonds. The average molecular weight is 313 g/mol. The minimum Gasteiger partial charge on any atom is -0.492 e. The van der Waals surface area contributed by atoms with Crippen LogP contribution in [0.2, 0.25) is 0 Å². The van der Waals surface area contributed by atoms with Gasteiger partial charge in [0.2, 0.25) is 0 Å². The number of halogens is 4. The normalized spacial score (nSPS) is 11.5. The highest BCUT2D eigenvalue weighted by Crippen LogP contribution is 2.32. The molecule has 0 fully saturated rings. The lowest BCUT2D eigenvalue weighted by Gasteiger charge is -2.09. The lowest BCUT2D eigenvalue weighted by atomic mass is 10.1. The van der Waals surface area contributed by atoms with Crippen LogP contribution in [0.4, 0.5) is 17.6 Å². The lowest BCUT2D eigenvalue weighted by Crippen LogP contribution is -2.05. The highest BCUT2D eigenvalue weighted by Gasteiger charge is 2.31. The number of benzene rings is 1. The van der Waals surface area contributed by atoms with E-state index in [0.717, 1.165) is 25.0 Å². The summed E-state index contributed by atoms with van der Waals surface area (Å²) in [6.07, 6.45) is -1.22. The maximum atomic E-state index is 13.8. The summed E-state index contributed by atoms with van der Waals surface area (Å²) in [5, 5.41) is 0. The Morgan fingerprint density at radius 3 is 2.45 bits per heavy atom. The van der Waals surface area contributed by atoms with Crippen molar-refractivity contribution in [2.75, 3.05) is 6.61 Å². The summed E-state index contributed by atoms with van der Waals surface area (Å²) in [4.78, 5) is 4.03. The van der Waals surface area contributed by atoms with Crippen molar-refractivity contribution in [3.8, 4) is 17.0 Å². The summed E-state index contributed by atoms with van der Waals surface area (Å²) < 4.78 is 56.8. The fourth-order valence-electron chi connectivity index (χ4n) is 1.86. The minimum atomic E-state index is -4.57. The molecule has 6 heteroatoms. The molecule has 1 heterocycles. The van der Waals surface area contributed by atoms with Gasteiger partial charge in [-0.05, 0) is 36.8 Å². The van der Waals surface area contributed by atoms with Crippen LogP contribution in [0.15, 0.2) is 36.5 Å². The van der Waals surface area contributed by atoms with Crippen molar-refractivity contribution in [1.82, 2.24) is 4.98 Å². The van der Waals surface area contributed by atoms with Gasteiger partial charge in [0.15, 0.2) is 0 Å². The van der Waals surface area contributed by atoms with Crippen molar-refractivity contribution in [2.24, 2.45) is 0 Å². The van der Waals surface area contributed by atoms with E-state index < -0.39 is 17.6 Å². The predicted molar refractivity (Wildman–Crippen MR) is 75.0 cm³/mol. The van der Waals surface area contributed by atoms with E-state index in [-0.39, 0.29) is 11.3 Å². The van der Waals surface area contributed by atoms with Crippen LogP contribution >= 0.6 is 0 Å². The van der Waals surface area contributed by atoms with Gasteiger partial charge < -0.3 is 4.74 Å². The average Bonchev–Trinajstić information content (AvgIpc) is 2.47. The largest absolute Gasteiger partial charge is 0.492 e. The number of hydrogen-bond donors (Lipinski definition) is 0. The first-order valence-electron chi connectivity index (χ1n) is 6.88. The van der Waals surface area contributed by atoms with Gasteiger partial charge in [-0.25, -0.2) is 4.39 Å². The first-order chi connectivity index (χ1) is 10.4. The Labute approximate surface area is 125 Å². The second-order valence-corrected chi connectivity index (χ2v) is 4.77. The summed E-state index contributed by atoms with van der Waals surface area (Å²) in [5.74, 6) is -0.411. The molecule has 0 saturated heterocycles. The number of ether oxygens (including phenoxy) is 1. The van der Waals surface area contributed by atoms with E-state index in [4.69, 9.17) is 4.74 Å². The van der Waals surface area contributed by atoms with Crippen LogP contribution in [-0.2, 0) is 6.18 Å². The van der Waals surface area contributed by atoms with Crippen LogP contribution in [0, 0.1) is 5.82 Å². The molecule has 0 N–H and O–H groups in total. The molecule has 2 nitrogen and oxygen atoms in total. The highest BCUT2D eigenvalue weighted by molar-refractivity contribution is 5.60. The SMILES string of the molecule is CCCCOc1ccc(-c2ccc(C(F)(F)F)cc2F)nc1. The Balaban J connectivity index is 2.18. The molecule has 1 aromatic carbocycles. The van der Waals surface area contributed by atoms with Gasteiger partial charge in [-0.3, -0.25) is 4.98 Å². The molecule has 0 radical (unpaired) electrons. The van der Waals surface area contributed by atoms with Crippen LogP contribution in [0.3, 0.4) is 0 Å². The number of rotatable bonds is 5. The summed E-state index contributed by atoms with van der Waals surface area (Å²) in [6.45, 7) is 2.60. The third-order valence-corrected chi connectivity index (χ3v) is 3.08. The summed E-state index contributed by atoms with van der Waals surface area (Å²) in [7, 11) is 0. The molecule has 0 aliphatic carbocycles. The van der Waals surface area contributed by atoms with Crippen LogP contribution in [-0.4, -0.2) is 11.6 Å². The molecule has 2 aromatic rings. The molecule has 2 rings (SSSR count). The van der Waals surface area contributed by atoms with Gasteiger partial charge in [0, 0.05) is 5.56 Å². The first kappa shape index (κ1) is 16.3. The van der Waals surface area contributed by atoms with E-state index >= 15 is 0 Å². The maximum absolute atomic E-state index is 13.8. The Morgan fingerprint density at radius 2 is 1.91 bits per heavy atom. The Bertz CT molecular complexity index is 623. The van der Waals surface area contributed by atoms with E-state index in [2.05, 4.69) is 4.98 Å². The van der Waals surface area contributed by atoms with Gasteiger partial charge in [0.05, 0.1) is 24.1 Å². The van der Waals surface area contributed by atoms with E-state index in [1.54, 1.807) is 6.07 Å². The van der Waals surface area contributed by atoms with Gasteiger partial charge >= 0.3 is 6.18 Å². The van der Waals surface area contributed by atoms with Crippen LogP contribution in [0.1, 0.15) is 25.3 Å². The quantitative estimate of drug-likeness (QED) is 0.567. The van der Waals surface area contributed by atoms with Gasteiger partial charge in [-0.15, -0.1) is 0 Å². The number of aromatic nitrogens is 1. The van der Waals surface area contributed by atoms with E-state index in [1.807, 2.05) is 6.92 Å². The Hall–Kier alpha value is -2.11. The fourth-order valence-corrected chi connectivity index (χ4v) is 1.86.